The van der Waals surface area contributed by atoms with Gasteiger partial charge in [0.1, 0.15) is 0 Å². The monoisotopic (exact) mass is 449 g/mol. The van der Waals surface area contributed by atoms with Gasteiger partial charge >= 0.3 is 0 Å². The Morgan fingerprint density at radius 3 is 2.36 bits per heavy atom. The van der Waals surface area contributed by atoms with Gasteiger partial charge in [0.2, 0.25) is 0 Å². The minimum absolute atomic E-state index is 0.151. The third-order valence-electron chi connectivity index (χ3n) is 13.1. The van der Waals surface area contributed by atoms with Crippen LogP contribution in [0.15, 0.2) is 23.3 Å². The van der Waals surface area contributed by atoms with Crippen molar-refractivity contribution in [3.05, 3.63) is 23.3 Å². The molecule has 0 spiro atoms. The van der Waals surface area contributed by atoms with Crippen LogP contribution >= 0.6 is 0 Å². The average Bonchev–Trinajstić information content (AvgIpc) is 3.21. The summed E-state index contributed by atoms with van der Waals surface area (Å²) in [6, 6.07) is 0. The summed E-state index contributed by atoms with van der Waals surface area (Å²) in [4.78, 5) is 0. The van der Waals surface area contributed by atoms with Crippen LogP contribution in [0, 0.1) is 52.3 Å². The van der Waals surface area contributed by atoms with Crippen molar-refractivity contribution >= 4 is 0 Å². The van der Waals surface area contributed by atoms with Crippen LogP contribution in [0.4, 0.5) is 0 Å². The Morgan fingerprint density at radius 1 is 0.818 bits per heavy atom. The summed E-state index contributed by atoms with van der Waals surface area (Å²) in [6.07, 6.45) is 24.3. The third-order valence-corrected chi connectivity index (χ3v) is 13.1. The summed E-state index contributed by atoms with van der Waals surface area (Å²) in [6.45, 7) is 10.4. The molecule has 0 bridgehead atoms. The van der Waals surface area contributed by atoms with Crippen molar-refractivity contribution in [1.29, 1.82) is 0 Å². The van der Waals surface area contributed by atoms with Crippen molar-refractivity contribution in [3.8, 4) is 0 Å². The topological polar surface area (TPSA) is 12.0 Å². The maximum atomic E-state index is 3.94. The van der Waals surface area contributed by atoms with Gasteiger partial charge in [0.05, 0.1) is 0 Å². The third kappa shape index (κ3) is 3.26. The maximum Gasteiger partial charge on any atom is 0.0437 e. The second-order valence-corrected chi connectivity index (χ2v) is 14.4. The highest BCUT2D eigenvalue weighted by Gasteiger charge is 2.61. The van der Waals surface area contributed by atoms with Gasteiger partial charge in [-0.1, -0.05) is 39.3 Å². The molecule has 4 fully saturated rings. The molecule has 10 unspecified atom stereocenters. The molecule has 33 heavy (non-hydrogen) atoms. The summed E-state index contributed by atoms with van der Waals surface area (Å²) in [7, 11) is 2.26. The lowest BCUT2D eigenvalue weighted by atomic mass is 9.41. The molecule has 0 aromatic rings. The number of nitrogens with one attached hydrogen (secondary N) is 1. The Labute approximate surface area is 204 Å². The van der Waals surface area contributed by atoms with Gasteiger partial charge in [-0.25, -0.2) is 0 Å². The zero-order chi connectivity index (χ0) is 23.0. The maximum absolute atomic E-state index is 3.94. The predicted molar refractivity (Wildman–Crippen MR) is 140 cm³/mol. The molecule has 0 heterocycles. The molecule has 4 saturated carbocycles. The van der Waals surface area contributed by atoms with Crippen LogP contribution < -0.4 is 5.32 Å². The number of likely N-dealkylation sites (N-methyl/N-ethyl adjacent to an activating group) is 1. The molecule has 0 aromatic carbocycles. The number of hydrogen-bond acceptors (Lipinski definition) is 1. The Balaban J connectivity index is 1.30. The molecule has 10 atom stereocenters. The fourth-order valence-corrected chi connectivity index (χ4v) is 11.3. The van der Waals surface area contributed by atoms with Crippen molar-refractivity contribution in [1.82, 2.24) is 5.32 Å². The van der Waals surface area contributed by atoms with Gasteiger partial charge in [0.25, 0.3) is 0 Å². The zero-order valence-electron chi connectivity index (χ0n) is 22.4. The molecule has 184 valence electrons. The van der Waals surface area contributed by atoms with E-state index in [9.17, 15) is 0 Å². The van der Waals surface area contributed by atoms with Crippen molar-refractivity contribution < 1.29 is 0 Å². The normalized spacial score (nSPS) is 53.8. The number of allylic oxidation sites excluding steroid dienone is 2. The minimum Gasteiger partial charge on any atom is -0.310 e. The van der Waals surface area contributed by atoms with Gasteiger partial charge in [0.15, 0.2) is 0 Å². The summed E-state index contributed by atoms with van der Waals surface area (Å²) in [5, 5.41) is 3.94. The molecule has 6 aliphatic rings. The largest absolute Gasteiger partial charge is 0.310 e. The smallest absolute Gasteiger partial charge is 0.0437 e. The SMILES string of the molecule is CNC1(C)C(C2=CCC(C)CC2)=CCC2(C)C3CCC4C(CCC5(C)CCCC45)C3CCC12. The second kappa shape index (κ2) is 7.97. The highest BCUT2D eigenvalue weighted by molar-refractivity contribution is 5.44. The summed E-state index contributed by atoms with van der Waals surface area (Å²) < 4.78 is 0. The van der Waals surface area contributed by atoms with Gasteiger partial charge in [-0.2, -0.15) is 0 Å². The first-order valence-corrected chi connectivity index (χ1v) is 14.9. The number of hydrogen-bond donors (Lipinski definition) is 1. The highest BCUT2D eigenvalue weighted by atomic mass is 15.0. The van der Waals surface area contributed by atoms with Gasteiger partial charge in [-0.05, 0) is 154 Å². The van der Waals surface area contributed by atoms with E-state index in [1.165, 1.54) is 64.2 Å². The van der Waals surface area contributed by atoms with Crippen molar-refractivity contribution in [2.75, 3.05) is 7.05 Å². The van der Waals surface area contributed by atoms with Crippen LogP contribution in [0.1, 0.15) is 111 Å². The highest BCUT2D eigenvalue weighted by Crippen LogP contribution is 2.68. The first-order chi connectivity index (χ1) is 15.8. The Morgan fingerprint density at radius 2 is 1.61 bits per heavy atom. The van der Waals surface area contributed by atoms with E-state index < -0.39 is 0 Å². The van der Waals surface area contributed by atoms with Crippen LogP contribution in [0.25, 0.3) is 0 Å². The van der Waals surface area contributed by atoms with Crippen molar-refractivity contribution in [2.45, 2.75) is 117 Å². The first kappa shape index (κ1) is 22.9. The first-order valence-electron chi connectivity index (χ1n) is 14.9. The van der Waals surface area contributed by atoms with Gasteiger partial charge in [-0.15, -0.1) is 0 Å². The molecule has 1 nitrogen and oxygen atoms in total. The molecule has 6 rings (SSSR count). The lowest BCUT2D eigenvalue weighted by molar-refractivity contribution is -0.124. The molecule has 1 heteroatoms. The van der Waals surface area contributed by atoms with Crippen LogP contribution in [-0.2, 0) is 0 Å². The van der Waals surface area contributed by atoms with E-state index in [1.54, 1.807) is 30.4 Å². The molecule has 0 aliphatic heterocycles. The van der Waals surface area contributed by atoms with E-state index in [1.807, 2.05) is 0 Å². The van der Waals surface area contributed by atoms with Gasteiger partial charge in [-0.3, -0.25) is 0 Å². The number of fused-ring (bicyclic) bond motifs is 7. The summed E-state index contributed by atoms with van der Waals surface area (Å²) in [5.74, 6) is 6.79. The molecule has 0 aromatic heterocycles. The fourth-order valence-electron chi connectivity index (χ4n) is 11.3. The van der Waals surface area contributed by atoms with E-state index in [-0.39, 0.29) is 5.54 Å². The van der Waals surface area contributed by atoms with Crippen LogP contribution in [0.2, 0.25) is 0 Å². The molecular formula is C32H51N. The van der Waals surface area contributed by atoms with Crippen LogP contribution in [-0.4, -0.2) is 12.6 Å². The quantitative estimate of drug-likeness (QED) is 0.447. The van der Waals surface area contributed by atoms with Gasteiger partial charge in [0, 0.05) is 5.54 Å². The lowest BCUT2D eigenvalue weighted by Crippen LogP contribution is -2.62. The lowest BCUT2D eigenvalue weighted by Gasteiger charge is -2.64. The van der Waals surface area contributed by atoms with E-state index >= 15 is 0 Å². The minimum atomic E-state index is 0.151. The molecule has 0 amide bonds. The number of rotatable bonds is 2. The zero-order valence-corrected chi connectivity index (χ0v) is 22.4. The van der Waals surface area contributed by atoms with E-state index in [0.717, 1.165) is 41.4 Å². The average molecular weight is 450 g/mol. The van der Waals surface area contributed by atoms with E-state index in [2.05, 4.69) is 52.2 Å². The predicted octanol–water partition coefficient (Wildman–Crippen LogP) is 8.32. The van der Waals surface area contributed by atoms with Gasteiger partial charge < -0.3 is 5.32 Å². The molecule has 0 saturated heterocycles. The second-order valence-electron chi connectivity index (χ2n) is 14.4. The Bertz CT molecular complexity index is 837. The standard InChI is InChI=1S/C32H51N/c1-21-8-10-22(11-9-21)26-17-20-31(3)28-14-12-24-23(16-19-30(2)18-6-7-27(24)30)25(28)13-15-29(31)32(26,4)33-5/h10,17,21,23-25,27-29,33H,6-9,11-16,18-20H2,1-5H3. The Kier molecular flexibility index (Phi) is 5.53. The molecule has 1 N–H and O–H groups in total. The molecular weight excluding hydrogens is 398 g/mol. The van der Waals surface area contributed by atoms with Crippen molar-refractivity contribution in [2.24, 2.45) is 52.3 Å². The fraction of sp³-hybridized carbons (Fsp3) is 0.875. The Hall–Kier alpha value is -0.560. The summed E-state index contributed by atoms with van der Waals surface area (Å²) in [5.41, 5.74) is 4.70. The van der Waals surface area contributed by atoms with E-state index in [4.69, 9.17) is 0 Å². The van der Waals surface area contributed by atoms with Crippen LogP contribution in [0.5, 0.6) is 0 Å². The molecule has 0 radical (unpaired) electrons. The molecule has 6 aliphatic carbocycles. The van der Waals surface area contributed by atoms with Crippen LogP contribution in [0.3, 0.4) is 0 Å². The van der Waals surface area contributed by atoms with Crippen molar-refractivity contribution in [3.63, 3.8) is 0 Å². The van der Waals surface area contributed by atoms with E-state index in [0.29, 0.717) is 10.8 Å². The summed E-state index contributed by atoms with van der Waals surface area (Å²) >= 11 is 0.